The molecule has 2 N–H and O–H groups in total. The van der Waals surface area contributed by atoms with Crippen molar-refractivity contribution in [2.75, 3.05) is 18.8 Å². The van der Waals surface area contributed by atoms with Crippen molar-refractivity contribution in [3.05, 3.63) is 29.3 Å². The van der Waals surface area contributed by atoms with Gasteiger partial charge in [0.15, 0.2) is 0 Å². The Morgan fingerprint density at radius 1 is 1.40 bits per heavy atom. The van der Waals surface area contributed by atoms with Crippen molar-refractivity contribution in [2.24, 2.45) is 5.92 Å². The van der Waals surface area contributed by atoms with Crippen molar-refractivity contribution in [3.8, 4) is 0 Å². The molecule has 0 bridgehead atoms. The third-order valence-electron chi connectivity index (χ3n) is 3.66. The van der Waals surface area contributed by atoms with E-state index < -0.39 is 12.1 Å². The summed E-state index contributed by atoms with van der Waals surface area (Å²) in [4.78, 5) is 13.6. The van der Waals surface area contributed by atoms with E-state index in [9.17, 15) is 18.0 Å². The van der Waals surface area contributed by atoms with Gasteiger partial charge in [0.25, 0.3) is 5.91 Å². The van der Waals surface area contributed by atoms with E-state index in [1.54, 1.807) is 19.1 Å². The lowest BCUT2D eigenvalue weighted by Crippen LogP contribution is -2.44. The second-order valence-corrected chi connectivity index (χ2v) is 5.21. The summed E-state index contributed by atoms with van der Waals surface area (Å²) in [6.07, 6.45) is -3.79. The summed E-state index contributed by atoms with van der Waals surface area (Å²) in [5.41, 5.74) is 7.18. The van der Waals surface area contributed by atoms with Crippen LogP contribution in [0.3, 0.4) is 0 Å². The maximum atomic E-state index is 12.8. The summed E-state index contributed by atoms with van der Waals surface area (Å²) in [5, 5.41) is 0. The topological polar surface area (TPSA) is 46.3 Å². The van der Waals surface area contributed by atoms with Crippen LogP contribution in [0.25, 0.3) is 0 Å². The van der Waals surface area contributed by atoms with Crippen LogP contribution in [0.1, 0.15) is 28.8 Å². The Kier molecular flexibility index (Phi) is 3.92. The quantitative estimate of drug-likeness (QED) is 0.807. The van der Waals surface area contributed by atoms with Gasteiger partial charge < -0.3 is 10.6 Å². The van der Waals surface area contributed by atoms with Crippen LogP contribution < -0.4 is 5.73 Å². The van der Waals surface area contributed by atoms with Crippen LogP contribution in [0.2, 0.25) is 0 Å². The van der Waals surface area contributed by atoms with Gasteiger partial charge in [0.05, 0.1) is 5.92 Å². The number of nitrogens with zero attached hydrogens (tertiary/aromatic N) is 1. The van der Waals surface area contributed by atoms with Crippen LogP contribution in [0.4, 0.5) is 18.9 Å². The van der Waals surface area contributed by atoms with Crippen molar-refractivity contribution >= 4 is 11.6 Å². The number of amides is 1. The predicted octanol–water partition coefficient (Wildman–Crippen LogP) is 2.99. The van der Waals surface area contributed by atoms with Gasteiger partial charge in [0.2, 0.25) is 0 Å². The number of halogens is 3. The number of rotatable bonds is 1. The summed E-state index contributed by atoms with van der Waals surface area (Å²) in [7, 11) is 0. The Morgan fingerprint density at radius 3 is 2.75 bits per heavy atom. The number of nitrogen functional groups attached to an aromatic ring is 1. The highest BCUT2D eigenvalue weighted by atomic mass is 19.4. The van der Waals surface area contributed by atoms with Gasteiger partial charge in [-0.05, 0) is 37.5 Å². The number of hydrogen-bond donors (Lipinski definition) is 1. The number of aryl methyl sites for hydroxylation is 1. The largest absolute Gasteiger partial charge is 0.399 e. The highest BCUT2D eigenvalue weighted by molar-refractivity contribution is 5.96. The molecule has 1 aliphatic heterocycles. The third kappa shape index (κ3) is 3.05. The fraction of sp³-hybridized carbons (Fsp3) is 0.500. The van der Waals surface area contributed by atoms with Crippen molar-refractivity contribution in [3.63, 3.8) is 0 Å². The highest BCUT2D eigenvalue weighted by Crippen LogP contribution is 2.33. The highest BCUT2D eigenvalue weighted by Gasteiger charge is 2.42. The average Bonchev–Trinajstić information content (AvgIpc) is 2.40. The monoisotopic (exact) mass is 286 g/mol. The number of carbonyl (C=O) groups is 1. The molecule has 20 heavy (non-hydrogen) atoms. The molecule has 6 heteroatoms. The zero-order chi connectivity index (χ0) is 14.9. The number of alkyl halides is 3. The van der Waals surface area contributed by atoms with Crippen LogP contribution >= 0.6 is 0 Å². The number of benzene rings is 1. The first kappa shape index (κ1) is 14.7. The first-order valence-electron chi connectivity index (χ1n) is 6.51. The third-order valence-corrected chi connectivity index (χ3v) is 3.66. The lowest BCUT2D eigenvalue weighted by atomic mass is 9.96. The molecule has 1 aromatic carbocycles. The van der Waals surface area contributed by atoms with E-state index in [0.29, 0.717) is 24.2 Å². The van der Waals surface area contributed by atoms with E-state index in [1.165, 1.54) is 11.0 Å². The first-order valence-corrected chi connectivity index (χ1v) is 6.51. The molecule has 1 fully saturated rings. The second kappa shape index (κ2) is 5.34. The molecule has 0 aliphatic carbocycles. The SMILES string of the molecule is Cc1ccc(N)cc1C(=O)N1CCCC(C(F)(F)F)C1. The minimum absolute atomic E-state index is 0.0865. The minimum atomic E-state index is -4.25. The fourth-order valence-electron chi connectivity index (χ4n) is 2.47. The maximum absolute atomic E-state index is 12.8. The maximum Gasteiger partial charge on any atom is 0.393 e. The Morgan fingerprint density at radius 2 is 2.10 bits per heavy atom. The minimum Gasteiger partial charge on any atom is -0.399 e. The number of piperidine rings is 1. The lowest BCUT2D eigenvalue weighted by Gasteiger charge is -2.34. The van der Waals surface area contributed by atoms with E-state index in [2.05, 4.69) is 0 Å². The number of anilines is 1. The van der Waals surface area contributed by atoms with Crippen LogP contribution in [0.5, 0.6) is 0 Å². The van der Waals surface area contributed by atoms with E-state index in [1.807, 2.05) is 0 Å². The molecule has 1 amide bonds. The van der Waals surface area contributed by atoms with Gasteiger partial charge in [0.1, 0.15) is 0 Å². The Labute approximate surface area is 115 Å². The van der Waals surface area contributed by atoms with Crippen LogP contribution in [-0.2, 0) is 0 Å². The Hall–Kier alpha value is -1.72. The molecule has 1 heterocycles. The van der Waals surface area contributed by atoms with Crippen LogP contribution in [0, 0.1) is 12.8 Å². The molecule has 1 saturated heterocycles. The molecule has 0 aromatic heterocycles. The van der Waals surface area contributed by atoms with Gasteiger partial charge in [-0.3, -0.25) is 4.79 Å². The van der Waals surface area contributed by atoms with Gasteiger partial charge in [-0.25, -0.2) is 0 Å². The summed E-state index contributed by atoms with van der Waals surface area (Å²) in [6.45, 7) is 1.84. The van der Waals surface area contributed by atoms with Crippen LogP contribution in [0.15, 0.2) is 18.2 Å². The first-order chi connectivity index (χ1) is 9.29. The van der Waals surface area contributed by atoms with Crippen molar-refractivity contribution in [1.82, 2.24) is 4.90 Å². The number of nitrogens with two attached hydrogens (primary N) is 1. The zero-order valence-corrected chi connectivity index (χ0v) is 11.2. The van der Waals surface area contributed by atoms with E-state index in [0.717, 1.165) is 5.56 Å². The summed E-state index contributed by atoms with van der Waals surface area (Å²) >= 11 is 0. The molecule has 1 aliphatic rings. The molecule has 0 spiro atoms. The summed E-state index contributed by atoms with van der Waals surface area (Å²) < 4.78 is 38.3. The Bertz CT molecular complexity index is 514. The van der Waals surface area contributed by atoms with Gasteiger partial charge >= 0.3 is 6.18 Å². The number of carbonyl (C=O) groups excluding carboxylic acids is 1. The molecule has 1 unspecified atom stereocenters. The van der Waals surface area contributed by atoms with Crippen molar-refractivity contribution < 1.29 is 18.0 Å². The van der Waals surface area contributed by atoms with Crippen molar-refractivity contribution in [1.29, 1.82) is 0 Å². The van der Waals surface area contributed by atoms with Crippen molar-refractivity contribution in [2.45, 2.75) is 25.9 Å². The summed E-state index contributed by atoms with van der Waals surface area (Å²) in [5.74, 6) is -1.80. The zero-order valence-electron chi connectivity index (χ0n) is 11.2. The molecule has 1 aromatic rings. The molecule has 2 rings (SSSR count). The normalized spacial score (nSPS) is 20.0. The van der Waals surface area contributed by atoms with E-state index in [-0.39, 0.29) is 18.9 Å². The fourth-order valence-corrected chi connectivity index (χ4v) is 2.47. The van der Waals surface area contributed by atoms with Crippen LogP contribution in [-0.4, -0.2) is 30.1 Å². The molecule has 0 radical (unpaired) electrons. The summed E-state index contributed by atoms with van der Waals surface area (Å²) in [6, 6.07) is 4.89. The van der Waals surface area contributed by atoms with E-state index >= 15 is 0 Å². The molecule has 3 nitrogen and oxygen atoms in total. The molecule has 0 saturated carbocycles. The standard InChI is InChI=1S/C14H17F3N2O/c1-9-4-5-11(18)7-12(9)13(20)19-6-2-3-10(8-19)14(15,16)17/h4-5,7,10H,2-3,6,8,18H2,1H3. The smallest absolute Gasteiger partial charge is 0.393 e. The molecular formula is C14H17F3N2O. The lowest BCUT2D eigenvalue weighted by molar-refractivity contribution is -0.184. The number of hydrogen-bond acceptors (Lipinski definition) is 2. The second-order valence-electron chi connectivity index (χ2n) is 5.21. The number of likely N-dealkylation sites (tertiary alicyclic amines) is 1. The Balaban J connectivity index is 2.18. The van der Waals surface area contributed by atoms with Gasteiger partial charge in [0, 0.05) is 24.3 Å². The van der Waals surface area contributed by atoms with Gasteiger partial charge in [-0.1, -0.05) is 6.07 Å². The van der Waals surface area contributed by atoms with Gasteiger partial charge in [-0.15, -0.1) is 0 Å². The van der Waals surface area contributed by atoms with Gasteiger partial charge in [-0.2, -0.15) is 13.2 Å². The molecular weight excluding hydrogens is 269 g/mol. The predicted molar refractivity (Wildman–Crippen MR) is 70.3 cm³/mol. The average molecular weight is 286 g/mol. The molecule has 110 valence electrons. The molecule has 1 atom stereocenters. The van der Waals surface area contributed by atoms with E-state index in [4.69, 9.17) is 5.73 Å².